The predicted molar refractivity (Wildman–Crippen MR) is 80.8 cm³/mol. The Kier molecular flexibility index (Phi) is 3.74. The van der Waals surface area contributed by atoms with Crippen molar-refractivity contribution in [2.75, 3.05) is 0 Å². The molecule has 1 fully saturated rings. The summed E-state index contributed by atoms with van der Waals surface area (Å²) in [7, 11) is -3.78. The third-order valence-electron chi connectivity index (χ3n) is 3.87. The highest BCUT2D eigenvalue weighted by molar-refractivity contribution is 7.88. The SMILES string of the molecule is O=[S@](F)(=NC1CCCCC1)c1ccc2ccccc2c1. The Morgan fingerprint density at radius 3 is 2.45 bits per heavy atom. The van der Waals surface area contributed by atoms with Crippen molar-refractivity contribution in [2.45, 2.75) is 43.0 Å². The monoisotopic (exact) mass is 291 g/mol. The van der Waals surface area contributed by atoms with E-state index in [9.17, 15) is 8.09 Å². The van der Waals surface area contributed by atoms with Crippen LogP contribution in [0.1, 0.15) is 32.1 Å². The van der Waals surface area contributed by atoms with Gasteiger partial charge in [-0.1, -0.05) is 49.6 Å². The molecule has 0 radical (unpaired) electrons. The molecule has 0 saturated heterocycles. The zero-order valence-corrected chi connectivity index (χ0v) is 12.1. The fraction of sp³-hybridized carbons (Fsp3) is 0.375. The largest absolute Gasteiger partial charge is 0.231 e. The van der Waals surface area contributed by atoms with Gasteiger partial charge in [-0.15, -0.1) is 3.89 Å². The van der Waals surface area contributed by atoms with Crippen LogP contribution < -0.4 is 0 Å². The Morgan fingerprint density at radius 2 is 1.70 bits per heavy atom. The quantitative estimate of drug-likeness (QED) is 0.725. The van der Waals surface area contributed by atoms with Crippen molar-refractivity contribution in [3.05, 3.63) is 42.5 Å². The molecule has 2 aromatic rings. The summed E-state index contributed by atoms with van der Waals surface area (Å²) in [5.41, 5.74) is 0. The van der Waals surface area contributed by atoms with Gasteiger partial charge < -0.3 is 0 Å². The van der Waals surface area contributed by atoms with Crippen LogP contribution in [-0.4, -0.2) is 10.3 Å². The van der Waals surface area contributed by atoms with E-state index in [2.05, 4.69) is 4.36 Å². The molecule has 0 heterocycles. The first kappa shape index (κ1) is 13.6. The second kappa shape index (κ2) is 5.52. The summed E-state index contributed by atoms with van der Waals surface area (Å²) in [6, 6.07) is 12.6. The van der Waals surface area contributed by atoms with Crippen LogP contribution in [0.3, 0.4) is 0 Å². The molecule has 1 aliphatic rings. The minimum atomic E-state index is -3.78. The first-order valence-corrected chi connectivity index (χ1v) is 8.51. The molecule has 1 aliphatic carbocycles. The smallest absolute Gasteiger partial charge is 0.211 e. The molecular weight excluding hydrogens is 273 g/mol. The minimum absolute atomic E-state index is 0.0901. The Morgan fingerprint density at radius 1 is 1.00 bits per heavy atom. The lowest BCUT2D eigenvalue weighted by molar-refractivity contribution is 0.442. The number of fused-ring (bicyclic) bond motifs is 1. The van der Waals surface area contributed by atoms with Gasteiger partial charge >= 0.3 is 0 Å². The summed E-state index contributed by atoms with van der Waals surface area (Å²) in [5.74, 6) is 0. The van der Waals surface area contributed by atoms with E-state index in [1.165, 1.54) is 6.42 Å². The van der Waals surface area contributed by atoms with E-state index < -0.39 is 10.1 Å². The number of hydrogen-bond donors (Lipinski definition) is 0. The summed E-state index contributed by atoms with van der Waals surface area (Å²) in [5, 5.41) is 1.92. The Bertz CT molecular complexity index is 728. The lowest BCUT2D eigenvalue weighted by Gasteiger charge is -2.17. The maximum absolute atomic E-state index is 14.5. The highest BCUT2D eigenvalue weighted by Gasteiger charge is 2.18. The van der Waals surface area contributed by atoms with Gasteiger partial charge in [-0.25, -0.2) is 8.57 Å². The van der Waals surface area contributed by atoms with Crippen LogP contribution in [0.5, 0.6) is 0 Å². The highest BCUT2D eigenvalue weighted by Crippen LogP contribution is 2.26. The molecule has 0 spiro atoms. The fourth-order valence-corrected chi connectivity index (χ4v) is 3.99. The molecule has 0 unspecified atom stereocenters. The van der Waals surface area contributed by atoms with E-state index in [0.717, 1.165) is 36.5 Å². The second-order valence-electron chi connectivity index (χ2n) is 5.36. The third kappa shape index (κ3) is 2.85. The van der Waals surface area contributed by atoms with Crippen LogP contribution in [0.25, 0.3) is 10.8 Å². The molecule has 0 aromatic heterocycles. The maximum atomic E-state index is 14.5. The summed E-state index contributed by atoms with van der Waals surface area (Å²) >= 11 is 0. The van der Waals surface area contributed by atoms with Crippen molar-refractivity contribution in [1.82, 2.24) is 0 Å². The Balaban J connectivity index is 1.99. The van der Waals surface area contributed by atoms with Gasteiger partial charge in [-0.3, -0.25) is 0 Å². The number of halogens is 1. The van der Waals surface area contributed by atoms with Gasteiger partial charge in [0.25, 0.3) is 0 Å². The standard InChI is InChI=1S/C16H18FNOS/c17-20(19,18-15-8-2-1-3-9-15)16-11-10-13-6-4-5-7-14(13)12-16/h4-7,10-12,15H,1-3,8-9H2/t20-/m1/s1. The summed E-state index contributed by atoms with van der Waals surface area (Å²) < 4.78 is 30.8. The van der Waals surface area contributed by atoms with Crippen LogP contribution in [0.4, 0.5) is 3.89 Å². The molecule has 106 valence electrons. The molecule has 2 aromatic carbocycles. The van der Waals surface area contributed by atoms with Crippen LogP contribution in [0.2, 0.25) is 0 Å². The van der Waals surface area contributed by atoms with E-state index in [1.54, 1.807) is 18.2 Å². The van der Waals surface area contributed by atoms with Gasteiger partial charge in [0.15, 0.2) is 0 Å². The van der Waals surface area contributed by atoms with E-state index in [0.29, 0.717) is 0 Å². The van der Waals surface area contributed by atoms with Crippen molar-refractivity contribution >= 4 is 20.9 Å². The number of benzene rings is 2. The first-order valence-electron chi connectivity index (χ1n) is 7.10. The fourth-order valence-electron chi connectivity index (χ4n) is 2.76. The molecule has 3 rings (SSSR count). The predicted octanol–water partition coefficient (Wildman–Crippen LogP) is 4.88. The Hall–Kier alpha value is -1.42. The summed E-state index contributed by atoms with van der Waals surface area (Å²) in [6.07, 6.45) is 5.00. The van der Waals surface area contributed by atoms with Crippen LogP contribution >= 0.6 is 0 Å². The average molecular weight is 291 g/mol. The lowest BCUT2D eigenvalue weighted by Crippen LogP contribution is -2.11. The van der Waals surface area contributed by atoms with Crippen molar-refractivity contribution in [3.8, 4) is 0 Å². The molecule has 0 aliphatic heterocycles. The minimum Gasteiger partial charge on any atom is -0.211 e. The molecule has 1 saturated carbocycles. The molecular formula is C16H18FNOS. The first-order chi connectivity index (χ1) is 9.65. The molecule has 0 N–H and O–H groups in total. The van der Waals surface area contributed by atoms with Crippen molar-refractivity contribution in [1.29, 1.82) is 0 Å². The lowest BCUT2D eigenvalue weighted by atomic mass is 9.97. The highest BCUT2D eigenvalue weighted by atomic mass is 32.3. The molecule has 0 bridgehead atoms. The van der Waals surface area contributed by atoms with E-state index >= 15 is 0 Å². The third-order valence-corrected chi connectivity index (χ3v) is 5.28. The number of hydrogen-bond acceptors (Lipinski definition) is 2. The molecule has 1 atom stereocenters. The molecule has 2 nitrogen and oxygen atoms in total. The molecule has 20 heavy (non-hydrogen) atoms. The normalized spacial score (nSPS) is 19.6. The van der Waals surface area contributed by atoms with E-state index in [1.807, 2.05) is 24.3 Å². The summed E-state index contributed by atoms with van der Waals surface area (Å²) in [6.45, 7) is 0. The van der Waals surface area contributed by atoms with Gasteiger partial charge in [-0.05, 0) is 35.7 Å². The Labute approximate surface area is 119 Å². The van der Waals surface area contributed by atoms with Gasteiger partial charge in [0.2, 0.25) is 10.1 Å². The average Bonchev–Trinajstić information content (AvgIpc) is 2.47. The van der Waals surface area contributed by atoms with Crippen LogP contribution in [-0.2, 0) is 10.1 Å². The van der Waals surface area contributed by atoms with Gasteiger partial charge in [-0.2, -0.15) is 0 Å². The maximum Gasteiger partial charge on any atom is 0.231 e. The van der Waals surface area contributed by atoms with E-state index in [4.69, 9.17) is 0 Å². The molecule has 4 heteroatoms. The second-order valence-corrected chi connectivity index (χ2v) is 6.96. The van der Waals surface area contributed by atoms with E-state index in [-0.39, 0.29) is 10.9 Å². The van der Waals surface area contributed by atoms with Crippen LogP contribution in [0, 0.1) is 0 Å². The van der Waals surface area contributed by atoms with Gasteiger partial charge in [0.05, 0.1) is 10.9 Å². The number of nitrogens with zero attached hydrogens (tertiary/aromatic N) is 1. The number of rotatable bonds is 2. The molecule has 0 amide bonds. The zero-order valence-electron chi connectivity index (χ0n) is 11.3. The van der Waals surface area contributed by atoms with Gasteiger partial charge in [0.1, 0.15) is 0 Å². The van der Waals surface area contributed by atoms with Gasteiger partial charge in [0, 0.05) is 0 Å². The van der Waals surface area contributed by atoms with Crippen molar-refractivity contribution in [2.24, 2.45) is 4.36 Å². The van der Waals surface area contributed by atoms with Crippen molar-refractivity contribution < 1.29 is 8.09 Å². The summed E-state index contributed by atoms with van der Waals surface area (Å²) in [4.78, 5) is 0.196. The zero-order chi connectivity index (χ0) is 14.0. The van der Waals surface area contributed by atoms with Crippen molar-refractivity contribution in [3.63, 3.8) is 0 Å². The topological polar surface area (TPSA) is 29.4 Å². The van der Waals surface area contributed by atoms with Crippen LogP contribution in [0.15, 0.2) is 51.7 Å².